The fourth-order valence-corrected chi connectivity index (χ4v) is 5.20. The van der Waals surface area contributed by atoms with Crippen molar-refractivity contribution in [1.29, 1.82) is 0 Å². The summed E-state index contributed by atoms with van der Waals surface area (Å²) in [5.74, 6) is 0.299. The molecule has 37 heavy (non-hydrogen) atoms. The lowest BCUT2D eigenvalue weighted by Gasteiger charge is -2.28. The minimum absolute atomic E-state index is 0.00116. The monoisotopic (exact) mass is 493 g/mol. The van der Waals surface area contributed by atoms with Crippen LogP contribution in [0.5, 0.6) is 0 Å². The van der Waals surface area contributed by atoms with E-state index in [2.05, 4.69) is 47.5 Å². The standard InChI is InChI=1S/C29H31N7O/c1-18(2)10-28(37)32-21-11-20(14-30-15-21)19-6-7-24-23(12-19)29(35-34-24)25-13-22-26(33-25)16-31-17-27(22)36-8-4-3-5-9-36/h6-7,11-18,33H,3-5,8-10H2,1-2H3,(H,32,37)(H,34,35). The van der Waals surface area contributed by atoms with E-state index in [-0.39, 0.29) is 5.91 Å². The maximum atomic E-state index is 12.2. The third-order valence-corrected chi connectivity index (χ3v) is 6.99. The van der Waals surface area contributed by atoms with Crippen molar-refractivity contribution in [2.45, 2.75) is 39.5 Å². The Labute approximate surface area is 215 Å². The van der Waals surface area contributed by atoms with Crippen LogP contribution in [0.1, 0.15) is 39.5 Å². The van der Waals surface area contributed by atoms with Gasteiger partial charge in [-0.15, -0.1) is 0 Å². The highest BCUT2D eigenvalue weighted by Crippen LogP contribution is 2.35. The van der Waals surface area contributed by atoms with E-state index in [0.29, 0.717) is 18.0 Å². The second-order valence-corrected chi connectivity index (χ2v) is 10.3. The van der Waals surface area contributed by atoms with Gasteiger partial charge in [0.15, 0.2) is 0 Å². The van der Waals surface area contributed by atoms with Crippen LogP contribution < -0.4 is 10.2 Å². The van der Waals surface area contributed by atoms with E-state index in [0.717, 1.165) is 52.0 Å². The highest BCUT2D eigenvalue weighted by molar-refractivity contribution is 6.00. The number of piperidine rings is 1. The summed E-state index contributed by atoms with van der Waals surface area (Å²) in [6.07, 6.45) is 11.6. The van der Waals surface area contributed by atoms with Gasteiger partial charge in [0.05, 0.1) is 46.7 Å². The summed E-state index contributed by atoms with van der Waals surface area (Å²) in [6.45, 7) is 6.20. The molecule has 0 radical (unpaired) electrons. The number of hydrogen-bond donors (Lipinski definition) is 3. The first-order valence-corrected chi connectivity index (χ1v) is 13.0. The van der Waals surface area contributed by atoms with Gasteiger partial charge in [-0.05, 0) is 55.0 Å². The molecule has 1 aliphatic heterocycles. The van der Waals surface area contributed by atoms with Crippen LogP contribution in [0, 0.1) is 5.92 Å². The molecule has 8 heteroatoms. The van der Waals surface area contributed by atoms with Crippen molar-refractivity contribution in [1.82, 2.24) is 25.1 Å². The molecule has 0 unspecified atom stereocenters. The molecule has 0 atom stereocenters. The van der Waals surface area contributed by atoms with E-state index in [1.54, 1.807) is 6.20 Å². The van der Waals surface area contributed by atoms with E-state index >= 15 is 0 Å². The van der Waals surface area contributed by atoms with Crippen molar-refractivity contribution in [3.63, 3.8) is 0 Å². The fourth-order valence-electron chi connectivity index (χ4n) is 5.20. The molecule has 5 heterocycles. The zero-order chi connectivity index (χ0) is 25.4. The van der Waals surface area contributed by atoms with Crippen LogP contribution in [0.4, 0.5) is 11.4 Å². The first-order valence-electron chi connectivity index (χ1n) is 13.0. The van der Waals surface area contributed by atoms with E-state index in [4.69, 9.17) is 0 Å². The van der Waals surface area contributed by atoms with Crippen LogP contribution in [-0.4, -0.2) is 44.1 Å². The molecule has 4 aromatic heterocycles. The zero-order valence-electron chi connectivity index (χ0n) is 21.2. The highest BCUT2D eigenvalue weighted by atomic mass is 16.1. The average Bonchev–Trinajstić information content (AvgIpc) is 3.52. The molecule has 1 aliphatic rings. The topological polar surface area (TPSA) is 103 Å². The molecule has 1 saturated heterocycles. The summed E-state index contributed by atoms with van der Waals surface area (Å²) in [7, 11) is 0. The van der Waals surface area contributed by atoms with Crippen molar-refractivity contribution in [2.24, 2.45) is 5.92 Å². The Balaban J connectivity index is 1.35. The molecule has 6 rings (SSSR count). The Morgan fingerprint density at radius 3 is 2.62 bits per heavy atom. The van der Waals surface area contributed by atoms with Gasteiger partial charge in [-0.2, -0.15) is 5.10 Å². The largest absolute Gasteiger partial charge is 0.370 e. The van der Waals surface area contributed by atoms with Crippen molar-refractivity contribution in [2.75, 3.05) is 23.3 Å². The van der Waals surface area contributed by atoms with Crippen LogP contribution in [0.15, 0.2) is 55.1 Å². The predicted molar refractivity (Wildman–Crippen MR) is 149 cm³/mol. The smallest absolute Gasteiger partial charge is 0.224 e. The van der Waals surface area contributed by atoms with E-state index in [1.807, 2.05) is 50.6 Å². The molecule has 1 aromatic carbocycles. The van der Waals surface area contributed by atoms with Gasteiger partial charge in [0.25, 0.3) is 0 Å². The zero-order valence-corrected chi connectivity index (χ0v) is 21.2. The van der Waals surface area contributed by atoms with Crippen molar-refractivity contribution < 1.29 is 4.79 Å². The maximum Gasteiger partial charge on any atom is 0.224 e. The number of aromatic amines is 2. The minimum Gasteiger partial charge on any atom is -0.370 e. The molecule has 0 aliphatic carbocycles. The van der Waals surface area contributed by atoms with E-state index in [1.165, 1.54) is 30.3 Å². The van der Waals surface area contributed by atoms with Gasteiger partial charge in [-0.1, -0.05) is 19.9 Å². The molecule has 188 valence electrons. The Bertz CT molecular complexity index is 1580. The Morgan fingerprint density at radius 1 is 0.946 bits per heavy atom. The molecule has 8 nitrogen and oxygen atoms in total. The number of fused-ring (bicyclic) bond motifs is 2. The number of anilines is 2. The molecule has 1 amide bonds. The quantitative estimate of drug-likeness (QED) is 0.264. The SMILES string of the molecule is CC(C)CC(=O)Nc1cncc(-c2ccc3[nH]nc(-c4cc5c(N6CCCCC6)cncc5[nH]4)c3c2)c1. The third-order valence-electron chi connectivity index (χ3n) is 6.99. The van der Waals surface area contributed by atoms with Gasteiger partial charge in [0.1, 0.15) is 5.69 Å². The Kier molecular flexibility index (Phi) is 6.08. The first kappa shape index (κ1) is 23.2. The lowest BCUT2D eigenvalue weighted by molar-refractivity contribution is -0.116. The summed E-state index contributed by atoms with van der Waals surface area (Å²) in [4.78, 5) is 27.1. The number of pyridine rings is 2. The van der Waals surface area contributed by atoms with Crippen LogP contribution >= 0.6 is 0 Å². The molecule has 0 saturated carbocycles. The molecule has 1 fully saturated rings. The second-order valence-electron chi connectivity index (χ2n) is 10.3. The normalized spacial score (nSPS) is 14.1. The molecular weight excluding hydrogens is 462 g/mol. The maximum absolute atomic E-state index is 12.2. The van der Waals surface area contributed by atoms with Crippen molar-refractivity contribution in [3.05, 3.63) is 55.1 Å². The second kappa shape index (κ2) is 9.69. The number of benzene rings is 1. The fraction of sp³-hybridized carbons (Fsp3) is 0.310. The van der Waals surface area contributed by atoms with Crippen molar-refractivity contribution in [3.8, 4) is 22.5 Å². The van der Waals surface area contributed by atoms with Crippen LogP contribution in [0.3, 0.4) is 0 Å². The molecule has 0 spiro atoms. The van der Waals surface area contributed by atoms with Crippen LogP contribution in [0.2, 0.25) is 0 Å². The van der Waals surface area contributed by atoms with Gasteiger partial charge in [0.2, 0.25) is 5.91 Å². The molecule has 0 bridgehead atoms. The number of nitrogens with zero attached hydrogens (tertiary/aromatic N) is 4. The number of nitrogens with one attached hydrogen (secondary N) is 3. The third kappa shape index (κ3) is 4.67. The van der Waals surface area contributed by atoms with E-state index < -0.39 is 0 Å². The number of amides is 1. The van der Waals surface area contributed by atoms with Gasteiger partial charge in [-0.3, -0.25) is 19.9 Å². The Morgan fingerprint density at radius 2 is 1.78 bits per heavy atom. The lowest BCUT2D eigenvalue weighted by Crippen LogP contribution is -2.29. The van der Waals surface area contributed by atoms with Gasteiger partial charge < -0.3 is 15.2 Å². The highest BCUT2D eigenvalue weighted by Gasteiger charge is 2.18. The lowest BCUT2D eigenvalue weighted by atomic mass is 10.0. The summed E-state index contributed by atoms with van der Waals surface area (Å²) < 4.78 is 0. The van der Waals surface area contributed by atoms with E-state index in [9.17, 15) is 4.79 Å². The first-order chi connectivity index (χ1) is 18.0. The summed E-state index contributed by atoms with van der Waals surface area (Å²) in [5, 5.41) is 13.0. The number of carbonyl (C=O) groups excluding carboxylic acids is 1. The average molecular weight is 494 g/mol. The number of aromatic nitrogens is 5. The van der Waals surface area contributed by atoms with Crippen LogP contribution in [-0.2, 0) is 4.79 Å². The molecule has 5 aromatic rings. The van der Waals surface area contributed by atoms with Crippen molar-refractivity contribution >= 4 is 39.1 Å². The number of hydrogen-bond acceptors (Lipinski definition) is 5. The number of carbonyl (C=O) groups is 1. The molecule has 3 N–H and O–H groups in total. The predicted octanol–water partition coefficient (Wildman–Crippen LogP) is 6.14. The van der Waals surface area contributed by atoms with Gasteiger partial charge in [0, 0.05) is 42.0 Å². The summed E-state index contributed by atoms with van der Waals surface area (Å²) in [6, 6.07) is 10.4. The summed E-state index contributed by atoms with van der Waals surface area (Å²) >= 11 is 0. The van der Waals surface area contributed by atoms with Gasteiger partial charge >= 0.3 is 0 Å². The number of H-pyrrole nitrogens is 2. The van der Waals surface area contributed by atoms with Gasteiger partial charge in [-0.25, -0.2) is 0 Å². The van der Waals surface area contributed by atoms with Crippen LogP contribution in [0.25, 0.3) is 44.3 Å². The Hall–Kier alpha value is -4.20. The minimum atomic E-state index is -0.00116. The number of rotatable bonds is 6. The summed E-state index contributed by atoms with van der Waals surface area (Å²) in [5.41, 5.74) is 7.62. The molecular formula is C29H31N7O.